The van der Waals surface area contributed by atoms with Gasteiger partial charge in [-0.15, -0.1) is 0 Å². The SMILES string of the molecule is Cc1[nH]c2ccc(OCC(C)C)cc2c(=O)c1CN(CC(C)C)CC(C)C. The quantitative estimate of drug-likeness (QED) is 0.675. The van der Waals surface area contributed by atoms with Crippen LogP contribution in [-0.2, 0) is 6.54 Å². The summed E-state index contributed by atoms with van der Waals surface area (Å²) in [6, 6.07) is 5.77. The minimum absolute atomic E-state index is 0.119. The second-order valence-corrected chi connectivity index (χ2v) is 8.95. The van der Waals surface area contributed by atoms with Crippen LogP contribution in [0, 0.1) is 24.7 Å². The van der Waals surface area contributed by atoms with Crippen molar-refractivity contribution in [1.82, 2.24) is 9.88 Å². The highest BCUT2D eigenvalue weighted by molar-refractivity contribution is 5.81. The Kier molecular flexibility index (Phi) is 7.49. The molecule has 150 valence electrons. The summed E-state index contributed by atoms with van der Waals surface area (Å²) in [5, 5.41) is 0.714. The zero-order chi connectivity index (χ0) is 20.1. The number of fused-ring (bicyclic) bond motifs is 1. The number of H-pyrrole nitrogens is 1. The number of nitrogens with zero attached hydrogens (tertiary/aromatic N) is 1. The first-order valence-electron chi connectivity index (χ1n) is 10.2. The Morgan fingerprint density at radius 3 is 2.19 bits per heavy atom. The third-order valence-electron chi connectivity index (χ3n) is 4.50. The van der Waals surface area contributed by atoms with Crippen molar-refractivity contribution in [2.75, 3.05) is 19.7 Å². The van der Waals surface area contributed by atoms with E-state index < -0.39 is 0 Å². The maximum Gasteiger partial charge on any atom is 0.194 e. The van der Waals surface area contributed by atoms with E-state index in [9.17, 15) is 4.79 Å². The van der Waals surface area contributed by atoms with Gasteiger partial charge >= 0.3 is 0 Å². The number of nitrogens with one attached hydrogen (secondary N) is 1. The molecule has 27 heavy (non-hydrogen) atoms. The predicted octanol–water partition coefficient (Wildman–Crippen LogP) is 4.99. The van der Waals surface area contributed by atoms with E-state index in [0.29, 0.717) is 36.3 Å². The van der Waals surface area contributed by atoms with E-state index in [1.807, 2.05) is 25.1 Å². The number of aryl methyl sites for hydroxylation is 1. The van der Waals surface area contributed by atoms with Crippen molar-refractivity contribution in [3.8, 4) is 5.75 Å². The molecular weight excluding hydrogens is 336 g/mol. The van der Waals surface area contributed by atoms with Gasteiger partial charge in [0.05, 0.1) is 6.61 Å². The third-order valence-corrected chi connectivity index (χ3v) is 4.50. The van der Waals surface area contributed by atoms with Gasteiger partial charge in [-0.25, -0.2) is 0 Å². The summed E-state index contributed by atoms with van der Waals surface area (Å²) >= 11 is 0. The molecule has 4 nitrogen and oxygen atoms in total. The average Bonchev–Trinajstić information content (AvgIpc) is 2.55. The smallest absolute Gasteiger partial charge is 0.194 e. The molecule has 0 aliphatic carbocycles. The molecule has 1 N–H and O–H groups in total. The van der Waals surface area contributed by atoms with Crippen molar-refractivity contribution in [2.45, 2.75) is 55.0 Å². The summed E-state index contributed by atoms with van der Waals surface area (Å²) in [7, 11) is 0. The number of hydrogen-bond acceptors (Lipinski definition) is 3. The Labute approximate surface area is 163 Å². The van der Waals surface area contributed by atoms with Gasteiger partial charge < -0.3 is 9.72 Å². The van der Waals surface area contributed by atoms with Crippen LogP contribution in [0.1, 0.15) is 52.8 Å². The number of benzene rings is 1. The van der Waals surface area contributed by atoms with Gasteiger partial charge in [-0.1, -0.05) is 41.5 Å². The topological polar surface area (TPSA) is 45.3 Å². The molecule has 0 unspecified atom stereocenters. The second kappa shape index (κ2) is 9.41. The Morgan fingerprint density at radius 2 is 1.63 bits per heavy atom. The Morgan fingerprint density at radius 1 is 1.00 bits per heavy atom. The van der Waals surface area contributed by atoms with Gasteiger partial charge in [-0.05, 0) is 42.9 Å². The summed E-state index contributed by atoms with van der Waals surface area (Å²) in [6.07, 6.45) is 0. The molecule has 0 radical (unpaired) electrons. The third kappa shape index (κ3) is 6.10. The minimum Gasteiger partial charge on any atom is -0.493 e. The first-order valence-corrected chi connectivity index (χ1v) is 10.2. The van der Waals surface area contributed by atoms with Crippen molar-refractivity contribution in [2.24, 2.45) is 17.8 Å². The van der Waals surface area contributed by atoms with E-state index in [0.717, 1.165) is 35.6 Å². The maximum atomic E-state index is 13.2. The van der Waals surface area contributed by atoms with E-state index in [-0.39, 0.29) is 5.43 Å². The highest BCUT2D eigenvalue weighted by Gasteiger charge is 2.16. The molecule has 0 amide bonds. The normalized spacial score (nSPS) is 12.1. The van der Waals surface area contributed by atoms with Gasteiger partial charge in [0, 0.05) is 41.8 Å². The molecule has 2 rings (SSSR count). The van der Waals surface area contributed by atoms with Crippen molar-refractivity contribution in [3.05, 3.63) is 39.7 Å². The molecule has 1 heterocycles. The minimum atomic E-state index is 0.119. The van der Waals surface area contributed by atoms with Crippen LogP contribution in [-0.4, -0.2) is 29.6 Å². The molecule has 1 aromatic carbocycles. The molecule has 0 bridgehead atoms. The fraction of sp³-hybridized carbons (Fsp3) is 0.609. The van der Waals surface area contributed by atoms with E-state index in [1.54, 1.807) is 0 Å². The lowest BCUT2D eigenvalue weighted by Gasteiger charge is -2.26. The van der Waals surface area contributed by atoms with Crippen LogP contribution in [0.15, 0.2) is 23.0 Å². The number of hydrogen-bond donors (Lipinski definition) is 1. The van der Waals surface area contributed by atoms with E-state index in [4.69, 9.17) is 4.74 Å². The van der Waals surface area contributed by atoms with Gasteiger partial charge in [0.2, 0.25) is 0 Å². The summed E-state index contributed by atoms with van der Waals surface area (Å²) in [6.45, 7) is 18.5. The first kappa shape index (κ1) is 21.5. The van der Waals surface area contributed by atoms with Crippen LogP contribution in [0.3, 0.4) is 0 Å². The van der Waals surface area contributed by atoms with Gasteiger partial charge in [-0.2, -0.15) is 0 Å². The van der Waals surface area contributed by atoms with E-state index >= 15 is 0 Å². The van der Waals surface area contributed by atoms with Gasteiger partial charge in [0.25, 0.3) is 0 Å². The molecule has 0 spiro atoms. The molecule has 4 heteroatoms. The zero-order valence-corrected chi connectivity index (χ0v) is 18.1. The van der Waals surface area contributed by atoms with Crippen molar-refractivity contribution < 1.29 is 4.74 Å². The fourth-order valence-electron chi connectivity index (χ4n) is 3.43. The highest BCUT2D eigenvalue weighted by atomic mass is 16.5. The zero-order valence-electron chi connectivity index (χ0n) is 18.1. The molecule has 0 fully saturated rings. The van der Waals surface area contributed by atoms with E-state index in [2.05, 4.69) is 51.4 Å². The van der Waals surface area contributed by atoms with Crippen LogP contribution < -0.4 is 10.2 Å². The number of pyridine rings is 1. The van der Waals surface area contributed by atoms with Crippen LogP contribution in [0.2, 0.25) is 0 Å². The highest BCUT2D eigenvalue weighted by Crippen LogP contribution is 2.20. The number of ether oxygens (including phenoxy) is 1. The number of rotatable bonds is 9. The molecule has 0 saturated heterocycles. The van der Waals surface area contributed by atoms with Crippen LogP contribution in [0.25, 0.3) is 10.9 Å². The molecule has 2 aromatic rings. The molecule has 0 aliphatic rings. The van der Waals surface area contributed by atoms with Gasteiger partial charge in [0.15, 0.2) is 5.43 Å². The summed E-state index contributed by atoms with van der Waals surface area (Å²) < 4.78 is 5.82. The van der Waals surface area contributed by atoms with Crippen molar-refractivity contribution in [1.29, 1.82) is 0 Å². The summed E-state index contributed by atoms with van der Waals surface area (Å²) in [5.41, 5.74) is 2.82. The molecule has 0 saturated carbocycles. The monoisotopic (exact) mass is 372 g/mol. The largest absolute Gasteiger partial charge is 0.493 e. The predicted molar refractivity (Wildman–Crippen MR) is 115 cm³/mol. The van der Waals surface area contributed by atoms with Crippen LogP contribution >= 0.6 is 0 Å². The van der Waals surface area contributed by atoms with Crippen molar-refractivity contribution in [3.63, 3.8) is 0 Å². The fourth-order valence-corrected chi connectivity index (χ4v) is 3.43. The average molecular weight is 373 g/mol. The van der Waals surface area contributed by atoms with Gasteiger partial charge in [0.1, 0.15) is 5.75 Å². The Balaban J connectivity index is 2.38. The Bertz CT molecular complexity index is 796. The lowest BCUT2D eigenvalue weighted by molar-refractivity contribution is 0.210. The van der Waals surface area contributed by atoms with Crippen LogP contribution in [0.5, 0.6) is 5.75 Å². The van der Waals surface area contributed by atoms with E-state index in [1.165, 1.54) is 0 Å². The van der Waals surface area contributed by atoms with Crippen molar-refractivity contribution >= 4 is 10.9 Å². The molecule has 0 aliphatic heterocycles. The lowest BCUT2D eigenvalue weighted by atomic mass is 10.1. The van der Waals surface area contributed by atoms with Crippen LogP contribution in [0.4, 0.5) is 0 Å². The standard InChI is InChI=1S/C23H36N2O2/c1-15(2)11-25(12-16(3)4)13-21-18(7)24-22-9-8-19(27-14-17(5)6)10-20(22)23(21)26/h8-10,15-17H,11-14H2,1-7H3,(H,24,26). The summed E-state index contributed by atoms with van der Waals surface area (Å²) in [5.74, 6) is 2.35. The maximum absolute atomic E-state index is 13.2. The van der Waals surface area contributed by atoms with Gasteiger partial charge in [-0.3, -0.25) is 9.69 Å². The Hall–Kier alpha value is -1.81. The molecule has 1 aromatic heterocycles. The molecule has 0 atom stereocenters. The lowest BCUT2D eigenvalue weighted by Crippen LogP contribution is -2.33. The molecular formula is C23H36N2O2. The number of aromatic nitrogens is 1. The number of aromatic amines is 1. The summed E-state index contributed by atoms with van der Waals surface area (Å²) in [4.78, 5) is 19.1. The second-order valence-electron chi connectivity index (χ2n) is 8.95. The first-order chi connectivity index (χ1) is 12.7.